The molecule has 0 fully saturated rings. The highest BCUT2D eigenvalue weighted by atomic mass is 16.2. The molecule has 3 rings (SSSR count). The molecule has 6 heteroatoms. The molecule has 1 aromatic heterocycles. The van der Waals surface area contributed by atoms with Crippen molar-refractivity contribution in [1.82, 2.24) is 15.1 Å². The first-order chi connectivity index (χ1) is 12.5. The molecule has 2 amide bonds. The number of hydrogen-bond acceptors (Lipinski definition) is 3. The van der Waals surface area contributed by atoms with E-state index in [-0.39, 0.29) is 18.4 Å². The lowest BCUT2D eigenvalue weighted by Crippen LogP contribution is -2.40. The Morgan fingerprint density at radius 2 is 2.00 bits per heavy atom. The van der Waals surface area contributed by atoms with Crippen molar-refractivity contribution >= 4 is 17.5 Å². The van der Waals surface area contributed by atoms with Gasteiger partial charge in [-0.05, 0) is 45.2 Å². The predicted molar refractivity (Wildman–Crippen MR) is 101 cm³/mol. The van der Waals surface area contributed by atoms with Crippen LogP contribution >= 0.6 is 0 Å². The summed E-state index contributed by atoms with van der Waals surface area (Å²) in [5.74, 6) is -0.144. The largest absolute Gasteiger partial charge is 0.350 e. The third kappa shape index (κ3) is 3.64. The zero-order chi connectivity index (χ0) is 18.7. The lowest BCUT2D eigenvalue weighted by atomic mass is 10.1. The maximum absolute atomic E-state index is 12.5. The van der Waals surface area contributed by atoms with Gasteiger partial charge in [-0.2, -0.15) is 5.10 Å². The van der Waals surface area contributed by atoms with Crippen LogP contribution in [0.3, 0.4) is 0 Å². The number of carbonyl (C=O) groups is 2. The summed E-state index contributed by atoms with van der Waals surface area (Å²) in [6, 6.07) is 7.84. The summed E-state index contributed by atoms with van der Waals surface area (Å²) >= 11 is 0. The van der Waals surface area contributed by atoms with Crippen LogP contribution in [0.15, 0.2) is 24.3 Å². The molecular weight excluding hydrogens is 328 g/mol. The second-order valence-corrected chi connectivity index (χ2v) is 6.70. The molecule has 0 radical (unpaired) electrons. The summed E-state index contributed by atoms with van der Waals surface area (Å²) < 4.78 is 1.94. The Balaban J connectivity index is 1.70. The molecule has 0 saturated carbocycles. The van der Waals surface area contributed by atoms with Gasteiger partial charge in [0.1, 0.15) is 6.54 Å². The highest BCUT2D eigenvalue weighted by Crippen LogP contribution is 2.26. The average Bonchev–Trinajstić information content (AvgIpc) is 2.81. The van der Waals surface area contributed by atoms with Crippen molar-refractivity contribution in [1.29, 1.82) is 0 Å². The number of para-hydroxylation sites is 1. The van der Waals surface area contributed by atoms with Gasteiger partial charge in [-0.25, -0.2) is 0 Å². The topological polar surface area (TPSA) is 67.2 Å². The number of hydrogen-bond donors (Lipinski definition) is 1. The number of aryl methyl sites for hydroxylation is 3. The van der Waals surface area contributed by atoms with Gasteiger partial charge in [-0.3, -0.25) is 14.3 Å². The molecule has 0 bridgehead atoms. The molecule has 0 saturated heterocycles. The van der Waals surface area contributed by atoms with Crippen molar-refractivity contribution in [3.8, 4) is 0 Å². The minimum atomic E-state index is -0.155. The van der Waals surface area contributed by atoms with Crippen molar-refractivity contribution in [2.75, 3.05) is 11.4 Å². The van der Waals surface area contributed by atoms with Crippen LogP contribution in [0.4, 0.5) is 5.69 Å². The molecule has 1 aliphatic rings. The van der Waals surface area contributed by atoms with E-state index < -0.39 is 0 Å². The molecular formula is C20H26N4O2. The summed E-state index contributed by atoms with van der Waals surface area (Å²) in [6.07, 6.45) is 2.17. The van der Waals surface area contributed by atoms with Gasteiger partial charge >= 0.3 is 0 Å². The van der Waals surface area contributed by atoms with Crippen LogP contribution in [-0.4, -0.2) is 28.1 Å². The van der Waals surface area contributed by atoms with Crippen molar-refractivity contribution in [2.24, 2.45) is 0 Å². The van der Waals surface area contributed by atoms with E-state index in [9.17, 15) is 9.59 Å². The molecule has 1 aromatic carbocycles. The molecule has 0 atom stereocenters. The summed E-state index contributed by atoms with van der Waals surface area (Å²) in [5, 5.41) is 7.43. The molecule has 0 unspecified atom stereocenters. The monoisotopic (exact) mass is 354 g/mol. The molecule has 2 aromatic rings. The van der Waals surface area contributed by atoms with Crippen molar-refractivity contribution in [3.05, 3.63) is 46.8 Å². The number of benzene rings is 1. The number of nitrogens with zero attached hydrogens (tertiary/aromatic N) is 3. The third-order valence-electron chi connectivity index (χ3n) is 5.02. The fourth-order valence-electron chi connectivity index (χ4n) is 3.54. The molecule has 2 heterocycles. The lowest BCUT2D eigenvalue weighted by Gasteiger charge is -2.22. The maximum Gasteiger partial charge on any atom is 0.240 e. The van der Waals surface area contributed by atoms with Crippen LogP contribution in [0.5, 0.6) is 0 Å². The van der Waals surface area contributed by atoms with Crippen LogP contribution in [0.1, 0.15) is 42.3 Å². The summed E-state index contributed by atoms with van der Waals surface area (Å²) in [7, 11) is 0. The lowest BCUT2D eigenvalue weighted by molar-refractivity contribution is -0.123. The fraction of sp³-hybridized carbons (Fsp3) is 0.450. The van der Waals surface area contributed by atoms with E-state index >= 15 is 0 Å². The molecule has 1 aliphatic heterocycles. The van der Waals surface area contributed by atoms with Gasteiger partial charge < -0.3 is 10.2 Å². The number of fused-ring (bicyclic) bond motifs is 1. The van der Waals surface area contributed by atoms with Crippen molar-refractivity contribution in [3.63, 3.8) is 0 Å². The highest BCUT2D eigenvalue weighted by Gasteiger charge is 2.24. The van der Waals surface area contributed by atoms with Gasteiger partial charge in [0.15, 0.2) is 0 Å². The van der Waals surface area contributed by atoms with Crippen LogP contribution in [0.25, 0.3) is 0 Å². The Kier molecular flexibility index (Phi) is 5.40. The second-order valence-electron chi connectivity index (χ2n) is 6.70. The Hall–Kier alpha value is -2.63. The number of aromatic nitrogens is 2. The van der Waals surface area contributed by atoms with Gasteiger partial charge in [0.05, 0.1) is 5.69 Å². The van der Waals surface area contributed by atoms with E-state index in [0.717, 1.165) is 47.6 Å². The normalized spacial score (nSPS) is 14.1. The number of amides is 2. The minimum absolute atomic E-state index is 0.0104. The smallest absolute Gasteiger partial charge is 0.240 e. The van der Waals surface area contributed by atoms with Crippen LogP contribution in [0, 0.1) is 13.8 Å². The third-order valence-corrected chi connectivity index (χ3v) is 5.02. The first-order valence-corrected chi connectivity index (χ1v) is 9.19. The zero-order valence-electron chi connectivity index (χ0n) is 15.7. The van der Waals surface area contributed by atoms with Crippen LogP contribution < -0.4 is 10.2 Å². The van der Waals surface area contributed by atoms with E-state index in [2.05, 4.69) is 10.4 Å². The van der Waals surface area contributed by atoms with E-state index in [0.29, 0.717) is 13.0 Å². The quantitative estimate of drug-likeness (QED) is 0.897. The molecule has 0 aliphatic carbocycles. The van der Waals surface area contributed by atoms with Gasteiger partial charge in [-0.15, -0.1) is 0 Å². The van der Waals surface area contributed by atoms with Crippen molar-refractivity contribution in [2.45, 2.75) is 53.1 Å². The molecule has 138 valence electrons. The predicted octanol–water partition coefficient (Wildman–Crippen LogP) is 2.51. The SMILES string of the molecule is CCn1nc(C)c(CNC(=O)CN2C(=O)CCCc3ccccc32)c1C. The highest BCUT2D eigenvalue weighted by molar-refractivity contribution is 5.99. The van der Waals surface area contributed by atoms with E-state index in [1.807, 2.05) is 49.7 Å². The first-order valence-electron chi connectivity index (χ1n) is 9.19. The summed E-state index contributed by atoms with van der Waals surface area (Å²) in [4.78, 5) is 26.6. The Morgan fingerprint density at radius 3 is 2.73 bits per heavy atom. The zero-order valence-corrected chi connectivity index (χ0v) is 15.7. The van der Waals surface area contributed by atoms with Gasteiger partial charge in [0, 0.05) is 36.5 Å². The summed E-state index contributed by atoms with van der Waals surface area (Å²) in [6.45, 7) is 7.30. The summed E-state index contributed by atoms with van der Waals surface area (Å²) in [5.41, 5.74) is 5.03. The Bertz CT molecular complexity index is 825. The first kappa shape index (κ1) is 18.2. The molecule has 0 spiro atoms. The molecule has 26 heavy (non-hydrogen) atoms. The van der Waals surface area contributed by atoms with Crippen LogP contribution in [0.2, 0.25) is 0 Å². The number of anilines is 1. The van der Waals surface area contributed by atoms with E-state index in [4.69, 9.17) is 0 Å². The van der Waals surface area contributed by atoms with Crippen molar-refractivity contribution < 1.29 is 9.59 Å². The van der Waals surface area contributed by atoms with E-state index in [1.54, 1.807) is 4.90 Å². The number of nitrogens with one attached hydrogen (secondary N) is 1. The minimum Gasteiger partial charge on any atom is -0.350 e. The average molecular weight is 354 g/mol. The second kappa shape index (κ2) is 7.72. The fourth-order valence-corrected chi connectivity index (χ4v) is 3.54. The Morgan fingerprint density at radius 1 is 1.23 bits per heavy atom. The molecule has 6 nitrogen and oxygen atoms in total. The number of carbonyl (C=O) groups excluding carboxylic acids is 2. The van der Waals surface area contributed by atoms with Crippen LogP contribution in [-0.2, 0) is 29.1 Å². The van der Waals surface area contributed by atoms with Gasteiger partial charge in [-0.1, -0.05) is 18.2 Å². The van der Waals surface area contributed by atoms with Gasteiger partial charge in [0.25, 0.3) is 0 Å². The van der Waals surface area contributed by atoms with Gasteiger partial charge in [0.2, 0.25) is 11.8 Å². The maximum atomic E-state index is 12.5. The molecule has 1 N–H and O–H groups in total. The Labute approximate surface area is 154 Å². The standard InChI is InChI=1S/C20H26N4O2/c1-4-24-15(3)17(14(2)22-24)12-21-19(25)13-23-18-10-6-5-8-16(18)9-7-11-20(23)26/h5-6,8,10H,4,7,9,11-13H2,1-3H3,(H,21,25). The number of rotatable bonds is 5. The van der Waals surface area contributed by atoms with E-state index in [1.165, 1.54) is 0 Å².